The molecule has 2 aliphatic rings. The molecule has 3 rings (SSSR count). The average Bonchev–Trinajstić information content (AvgIpc) is 3.19. The van der Waals surface area contributed by atoms with Gasteiger partial charge < -0.3 is 15.0 Å². The van der Waals surface area contributed by atoms with E-state index in [1.54, 1.807) is 18.0 Å². The van der Waals surface area contributed by atoms with Crippen molar-refractivity contribution >= 4 is 11.8 Å². The molecule has 2 amide bonds. The molecule has 1 saturated carbocycles. The Labute approximate surface area is 160 Å². The van der Waals surface area contributed by atoms with Crippen molar-refractivity contribution in [3.8, 4) is 0 Å². The van der Waals surface area contributed by atoms with Crippen LogP contribution in [-0.4, -0.2) is 65.1 Å². The number of nitrogens with zero attached hydrogens (tertiary/aromatic N) is 4. The third kappa shape index (κ3) is 5.51. The smallest absolute Gasteiger partial charge is 0.273 e. The van der Waals surface area contributed by atoms with Gasteiger partial charge in [0.15, 0.2) is 5.69 Å². The molecule has 1 N–H and O–H groups in total. The Morgan fingerprint density at radius 3 is 2.81 bits per heavy atom. The molecule has 1 aromatic rings. The number of ether oxygens (including phenoxy) is 1. The van der Waals surface area contributed by atoms with Crippen molar-refractivity contribution in [2.75, 3.05) is 33.4 Å². The lowest BCUT2D eigenvalue weighted by molar-refractivity contribution is -0.134. The second-order valence-electron chi connectivity index (χ2n) is 7.68. The van der Waals surface area contributed by atoms with Crippen molar-refractivity contribution in [2.45, 2.75) is 57.4 Å². The second kappa shape index (κ2) is 9.82. The van der Waals surface area contributed by atoms with Gasteiger partial charge in [-0.2, -0.15) is 0 Å². The lowest BCUT2D eigenvalue weighted by atomic mass is 9.86. The summed E-state index contributed by atoms with van der Waals surface area (Å²) in [4.78, 5) is 26.7. The third-order valence-corrected chi connectivity index (χ3v) is 5.65. The van der Waals surface area contributed by atoms with Gasteiger partial charge in [-0.3, -0.25) is 9.59 Å². The Hall–Kier alpha value is -1.96. The summed E-state index contributed by atoms with van der Waals surface area (Å²) in [7, 11) is 1.59. The molecule has 8 nitrogen and oxygen atoms in total. The van der Waals surface area contributed by atoms with Crippen molar-refractivity contribution in [3.05, 3.63) is 11.9 Å². The molecule has 0 aromatic carbocycles. The summed E-state index contributed by atoms with van der Waals surface area (Å²) in [5, 5.41) is 10.9. The number of hydrogen-bond acceptors (Lipinski definition) is 5. The van der Waals surface area contributed by atoms with Gasteiger partial charge in [0.2, 0.25) is 5.91 Å². The summed E-state index contributed by atoms with van der Waals surface area (Å²) in [6.07, 6.45) is 10.5. The van der Waals surface area contributed by atoms with E-state index in [-0.39, 0.29) is 17.9 Å². The highest BCUT2D eigenvalue weighted by Gasteiger charge is 2.28. The van der Waals surface area contributed by atoms with Crippen LogP contribution in [0.1, 0.15) is 67.9 Å². The zero-order valence-electron chi connectivity index (χ0n) is 16.2. The van der Waals surface area contributed by atoms with E-state index < -0.39 is 0 Å². The Morgan fingerprint density at radius 1 is 1.22 bits per heavy atom. The minimum absolute atomic E-state index is 0.0853. The van der Waals surface area contributed by atoms with Gasteiger partial charge in [-0.25, -0.2) is 4.68 Å². The van der Waals surface area contributed by atoms with Gasteiger partial charge >= 0.3 is 0 Å². The van der Waals surface area contributed by atoms with E-state index in [0.29, 0.717) is 37.7 Å². The quantitative estimate of drug-likeness (QED) is 0.732. The van der Waals surface area contributed by atoms with Crippen LogP contribution in [-0.2, 0) is 9.53 Å². The van der Waals surface area contributed by atoms with E-state index in [9.17, 15) is 9.59 Å². The Balaban J connectivity index is 1.53. The minimum atomic E-state index is -0.251. The maximum atomic E-state index is 12.7. The molecule has 0 spiro atoms. The fourth-order valence-electron chi connectivity index (χ4n) is 4.08. The van der Waals surface area contributed by atoms with Crippen LogP contribution < -0.4 is 5.32 Å². The third-order valence-electron chi connectivity index (χ3n) is 5.65. The van der Waals surface area contributed by atoms with Crippen molar-refractivity contribution in [2.24, 2.45) is 5.92 Å². The molecule has 1 aromatic heterocycles. The molecule has 1 atom stereocenters. The number of methoxy groups -OCH3 is 1. The SMILES string of the molecule is COCCNC(=O)c1cn([C@H]2CCCN(C(=O)CC3CCCCC3)C2)nn1. The number of hydrogen-bond donors (Lipinski definition) is 1. The molecule has 27 heavy (non-hydrogen) atoms. The molecule has 2 heterocycles. The lowest BCUT2D eigenvalue weighted by Crippen LogP contribution is -2.41. The first-order chi connectivity index (χ1) is 13.2. The fraction of sp³-hybridized carbons (Fsp3) is 0.789. The van der Waals surface area contributed by atoms with E-state index in [1.165, 1.54) is 32.1 Å². The second-order valence-corrected chi connectivity index (χ2v) is 7.68. The van der Waals surface area contributed by atoms with E-state index >= 15 is 0 Å². The van der Waals surface area contributed by atoms with E-state index in [1.807, 2.05) is 4.90 Å². The van der Waals surface area contributed by atoms with Crippen LogP contribution in [0.15, 0.2) is 6.20 Å². The molecular formula is C19H31N5O3. The number of aromatic nitrogens is 3. The van der Waals surface area contributed by atoms with E-state index in [2.05, 4.69) is 15.6 Å². The maximum Gasteiger partial charge on any atom is 0.273 e. The van der Waals surface area contributed by atoms with Crippen LogP contribution in [0.4, 0.5) is 0 Å². The highest BCUT2D eigenvalue weighted by Crippen LogP contribution is 2.28. The summed E-state index contributed by atoms with van der Waals surface area (Å²) in [6.45, 7) is 2.37. The van der Waals surface area contributed by atoms with Crippen LogP contribution in [0.5, 0.6) is 0 Å². The van der Waals surface area contributed by atoms with Gasteiger partial charge in [0.1, 0.15) is 0 Å². The molecule has 1 aliphatic carbocycles. The van der Waals surface area contributed by atoms with Crippen LogP contribution in [0, 0.1) is 5.92 Å². The van der Waals surface area contributed by atoms with Gasteiger partial charge in [-0.15, -0.1) is 5.10 Å². The number of amides is 2. The topological polar surface area (TPSA) is 89.4 Å². The van der Waals surface area contributed by atoms with Gasteiger partial charge in [0, 0.05) is 33.2 Å². The van der Waals surface area contributed by atoms with Gasteiger partial charge in [0.05, 0.1) is 18.8 Å². The van der Waals surface area contributed by atoms with Crippen LogP contribution in [0.3, 0.4) is 0 Å². The van der Waals surface area contributed by atoms with Crippen molar-refractivity contribution in [3.63, 3.8) is 0 Å². The van der Waals surface area contributed by atoms with Crippen molar-refractivity contribution < 1.29 is 14.3 Å². The predicted octanol–water partition coefficient (Wildman–Crippen LogP) is 1.79. The lowest BCUT2D eigenvalue weighted by Gasteiger charge is -2.34. The molecule has 0 radical (unpaired) electrons. The minimum Gasteiger partial charge on any atom is -0.383 e. The zero-order valence-corrected chi connectivity index (χ0v) is 16.2. The Kier molecular flexibility index (Phi) is 7.20. The first kappa shape index (κ1) is 19.8. The summed E-state index contributed by atoms with van der Waals surface area (Å²) < 4.78 is 6.66. The van der Waals surface area contributed by atoms with Crippen molar-refractivity contribution in [1.82, 2.24) is 25.2 Å². The molecule has 150 valence electrons. The normalized spacial score (nSPS) is 21.2. The molecule has 2 fully saturated rings. The number of nitrogens with one attached hydrogen (secondary N) is 1. The first-order valence-electron chi connectivity index (χ1n) is 10.1. The maximum absolute atomic E-state index is 12.7. The summed E-state index contributed by atoms with van der Waals surface area (Å²) in [6, 6.07) is 0.0853. The number of carbonyl (C=O) groups excluding carboxylic acids is 2. The number of piperidine rings is 1. The van der Waals surface area contributed by atoms with Crippen molar-refractivity contribution in [1.29, 1.82) is 0 Å². The number of likely N-dealkylation sites (tertiary alicyclic amines) is 1. The summed E-state index contributed by atoms with van der Waals surface area (Å²) in [5.41, 5.74) is 0.303. The van der Waals surface area contributed by atoms with Gasteiger partial charge in [-0.05, 0) is 31.6 Å². The molecular weight excluding hydrogens is 346 g/mol. The molecule has 1 saturated heterocycles. The van der Waals surface area contributed by atoms with Crippen LogP contribution in [0.2, 0.25) is 0 Å². The molecule has 0 unspecified atom stereocenters. The highest BCUT2D eigenvalue weighted by molar-refractivity contribution is 5.91. The summed E-state index contributed by atoms with van der Waals surface area (Å²) >= 11 is 0. The average molecular weight is 377 g/mol. The Morgan fingerprint density at radius 2 is 2.04 bits per heavy atom. The van der Waals surface area contributed by atoms with Crippen LogP contribution >= 0.6 is 0 Å². The number of carbonyl (C=O) groups is 2. The molecule has 1 aliphatic heterocycles. The molecule has 8 heteroatoms. The fourth-order valence-corrected chi connectivity index (χ4v) is 4.08. The van der Waals surface area contributed by atoms with E-state index in [4.69, 9.17) is 4.74 Å². The monoisotopic (exact) mass is 377 g/mol. The zero-order chi connectivity index (χ0) is 19.1. The largest absolute Gasteiger partial charge is 0.383 e. The highest BCUT2D eigenvalue weighted by atomic mass is 16.5. The van der Waals surface area contributed by atoms with Crippen LogP contribution in [0.25, 0.3) is 0 Å². The van der Waals surface area contributed by atoms with Gasteiger partial charge in [0.25, 0.3) is 5.91 Å². The number of rotatable bonds is 7. The first-order valence-corrected chi connectivity index (χ1v) is 10.1. The Bertz CT molecular complexity index is 627. The van der Waals surface area contributed by atoms with E-state index in [0.717, 1.165) is 19.4 Å². The predicted molar refractivity (Wildman–Crippen MR) is 100 cm³/mol. The standard InChI is InChI=1S/C19H31N5O3/c1-27-11-9-20-19(26)17-14-24(22-21-17)16-8-5-10-23(13-16)18(25)12-15-6-3-2-4-7-15/h14-16H,2-13H2,1H3,(H,20,26)/t16-/m0/s1. The summed E-state index contributed by atoms with van der Waals surface area (Å²) in [5.74, 6) is 0.573. The van der Waals surface area contributed by atoms with Gasteiger partial charge in [-0.1, -0.05) is 24.5 Å². The molecule has 0 bridgehead atoms.